The average molecular weight is 347 g/mol. The smallest absolute Gasteiger partial charge is 0.295 e. The van der Waals surface area contributed by atoms with Crippen LogP contribution in [0.3, 0.4) is 0 Å². The molecule has 0 radical (unpaired) electrons. The van der Waals surface area contributed by atoms with Gasteiger partial charge in [0.05, 0.1) is 24.9 Å². The van der Waals surface area contributed by atoms with E-state index in [-0.39, 0.29) is 24.4 Å². The Balaban J connectivity index is 2.06. The summed E-state index contributed by atoms with van der Waals surface area (Å²) in [6, 6.07) is 4.78. The number of benzene rings is 1. The largest absolute Gasteiger partial charge is 0.392 e. The van der Waals surface area contributed by atoms with Gasteiger partial charge in [-0.25, -0.2) is 18.8 Å². The summed E-state index contributed by atoms with van der Waals surface area (Å²) >= 11 is 0. The number of rotatable bonds is 4. The summed E-state index contributed by atoms with van der Waals surface area (Å²) in [4.78, 5) is 15.8. The summed E-state index contributed by atoms with van der Waals surface area (Å²) in [5.74, 6) is -2.02. The van der Waals surface area contributed by atoms with Gasteiger partial charge in [-0.05, 0) is 12.1 Å². The van der Waals surface area contributed by atoms with E-state index in [2.05, 4.69) is 4.98 Å². The molecule has 0 unspecified atom stereocenters. The monoisotopic (exact) mass is 347 g/mol. The molecule has 0 bridgehead atoms. The summed E-state index contributed by atoms with van der Waals surface area (Å²) in [6.07, 6.45) is 3.03. The zero-order chi connectivity index (χ0) is 18.1. The van der Waals surface area contributed by atoms with Crippen molar-refractivity contribution in [1.29, 1.82) is 0 Å². The van der Waals surface area contributed by atoms with Crippen molar-refractivity contribution in [2.75, 3.05) is 7.05 Å². The third-order valence-electron chi connectivity index (χ3n) is 3.89. The predicted octanol–water partition coefficient (Wildman–Crippen LogP) is 2.32. The van der Waals surface area contributed by atoms with Gasteiger partial charge in [-0.3, -0.25) is 10.0 Å². The van der Waals surface area contributed by atoms with E-state index in [4.69, 9.17) is 0 Å². The summed E-state index contributed by atoms with van der Waals surface area (Å²) < 4.78 is 28.6. The summed E-state index contributed by atoms with van der Waals surface area (Å²) in [5.41, 5.74) is 1.38. The Hall–Kier alpha value is -2.84. The molecule has 2 N–H and O–H groups in total. The molecular weight excluding hydrogens is 332 g/mol. The first-order chi connectivity index (χ1) is 11.9. The van der Waals surface area contributed by atoms with Crippen LogP contribution in [0.5, 0.6) is 0 Å². The van der Waals surface area contributed by atoms with Gasteiger partial charge in [0.15, 0.2) is 0 Å². The molecule has 6 nitrogen and oxygen atoms in total. The third-order valence-corrected chi connectivity index (χ3v) is 3.89. The van der Waals surface area contributed by atoms with Gasteiger partial charge >= 0.3 is 0 Å². The van der Waals surface area contributed by atoms with Crippen LogP contribution in [-0.4, -0.2) is 37.9 Å². The number of carbonyl (C=O) groups excluding carboxylic acids is 1. The lowest BCUT2D eigenvalue weighted by molar-refractivity contribution is -0.0379. The number of pyridine rings is 1. The molecule has 0 spiro atoms. The molecule has 3 aromatic rings. The quantitative estimate of drug-likeness (QED) is 0.561. The summed E-state index contributed by atoms with van der Waals surface area (Å²) in [7, 11) is 1.18. The highest BCUT2D eigenvalue weighted by Crippen LogP contribution is 2.24. The molecule has 0 aliphatic carbocycles. The molecule has 3 rings (SSSR count). The molecule has 0 saturated carbocycles. The zero-order valence-electron chi connectivity index (χ0n) is 13.3. The minimum Gasteiger partial charge on any atom is -0.392 e. The maximum absolute atomic E-state index is 13.9. The van der Waals surface area contributed by atoms with Gasteiger partial charge in [0.25, 0.3) is 5.91 Å². The van der Waals surface area contributed by atoms with Crippen LogP contribution in [0.2, 0.25) is 0 Å². The summed E-state index contributed by atoms with van der Waals surface area (Å²) in [6.45, 7) is -0.181. The maximum atomic E-state index is 13.9. The number of hydrogen-bond donors (Lipinski definition) is 2. The van der Waals surface area contributed by atoms with Crippen molar-refractivity contribution in [3.63, 3.8) is 0 Å². The van der Waals surface area contributed by atoms with Crippen molar-refractivity contribution in [2.45, 2.75) is 13.2 Å². The van der Waals surface area contributed by atoms with Crippen molar-refractivity contribution in [1.82, 2.24) is 14.6 Å². The fourth-order valence-corrected chi connectivity index (χ4v) is 2.63. The van der Waals surface area contributed by atoms with Crippen molar-refractivity contribution in [2.24, 2.45) is 0 Å². The number of hydrogen-bond acceptors (Lipinski definition) is 4. The van der Waals surface area contributed by atoms with E-state index in [1.165, 1.54) is 31.4 Å². The van der Waals surface area contributed by atoms with E-state index in [0.29, 0.717) is 21.5 Å². The highest BCUT2D eigenvalue weighted by Gasteiger charge is 2.16. The van der Waals surface area contributed by atoms with E-state index >= 15 is 0 Å². The Bertz CT molecular complexity index is 954. The minimum atomic E-state index is -0.692. The van der Waals surface area contributed by atoms with Gasteiger partial charge < -0.3 is 9.67 Å². The SMILES string of the molecule is CN(O)C(=O)c1cc2c(CO)cn(Cc3ccc(F)cc3F)c2cn1. The second-order valence-electron chi connectivity index (χ2n) is 5.59. The van der Waals surface area contributed by atoms with Gasteiger partial charge in [-0.2, -0.15) is 0 Å². The number of aromatic nitrogens is 2. The molecule has 2 aromatic heterocycles. The van der Waals surface area contributed by atoms with Crippen LogP contribution in [0.1, 0.15) is 21.6 Å². The van der Waals surface area contributed by atoms with Crippen LogP contribution in [0, 0.1) is 11.6 Å². The molecule has 0 saturated heterocycles. The lowest BCUT2D eigenvalue weighted by Gasteiger charge is -2.09. The second kappa shape index (κ2) is 6.58. The molecule has 1 amide bonds. The molecule has 0 atom stereocenters. The number of fused-ring (bicyclic) bond motifs is 1. The lowest BCUT2D eigenvalue weighted by Crippen LogP contribution is -2.23. The number of aliphatic hydroxyl groups excluding tert-OH is 1. The molecule has 1 aromatic carbocycles. The fourth-order valence-electron chi connectivity index (χ4n) is 2.63. The van der Waals surface area contributed by atoms with Crippen molar-refractivity contribution >= 4 is 16.8 Å². The predicted molar refractivity (Wildman–Crippen MR) is 85.0 cm³/mol. The number of aliphatic hydroxyl groups is 1. The van der Waals surface area contributed by atoms with Crippen LogP contribution in [0.4, 0.5) is 8.78 Å². The van der Waals surface area contributed by atoms with Gasteiger partial charge in [0, 0.05) is 35.8 Å². The molecule has 0 fully saturated rings. The Labute approximate surface area is 141 Å². The van der Waals surface area contributed by atoms with E-state index < -0.39 is 17.5 Å². The first-order valence-electron chi connectivity index (χ1n) is 7.40. The Morgan fingerprint density at radius 1 is 1.28 bits per heavy atom. The first-order valence-corrected chi connectivity index (χ1v) is 7.40. The van der Waals surface area contributed by atoms with E-state index in [0.717, 1.165) is 6.07 Å². The average Bonchev–Trinajstić information content (AvgIpc) is 2.93. The highest BCUT2D eigenvalue weighted by molar-refractivity contribution is 5.96. The fraction of sp³-hybridized carbons (Fsp3) is 0.176. The highest BCUT2D eigenvalue weighted by atomic mass is 19.1. The van der Waals surface area contributed by atoms with E-state index in [1.807, 2.05) is 0 Å². The number of amides is 1. The summed E-state index contributed by atoms with van der Waals surface area (Å²) in [5, 5.41) is 19.8. The Morgan fingerprint density at radius 3 is 2.68 bits per heavy atom. The van der Waals surface area contributed by atoms with Crippen LogP contribution in [0.25, 0.3) is 10.9 Å². The lowest BCUT2D eigenvalue weighted by atomic mass is 10.2. The van der Waals surface area contributed by atoms with Crippen LogP contribution >= 0.6 is 0 Å². The van der Waals surface area contributed by atoms with Gasteiger partial charge in [-0.1, -0.05) is 6.07 Å². The van der Waals surface area contributed by atoms with Crippen molar-refractivity contribution in [3.05, 3.63) is 65.1 Å². The Kier molecular flexibility index (Phi) is 4.47. The number of nitrogens with zero attached hydrogens (tertiary/aromatic N) is 3. The van der Waals surface area contributed by atoms with Crippen molar-refractivity contribution < 1.29 is 23.9 Å². The van der Waals surface area contributed by atoms with Crippen LogP contribution in [0.15, 0.2) is 36.7 Å². The topological polar surface area (TPSA) is 78.6 Å². The number of halogens is 2. The molecule has 130 valence electrons. The van der Waals surface area contributed by atoms with Crippen LogP contribution < -0.4 is 0 Å². The molecule has 0 aliphatic heterocycles. The second-order valence-corrected chi connectivity index (χ2v) is 5.59. The molecule has 8 heteroatoms. The van der Waals surface area contributed by atoms with Gasteiger partial charge in [0.2, 0.25) is 0 Å². The first kappa shape index (κ1) is 17.0. The molecular formula is C17H15F2N3O3. The standard InChI is InChI=1S/C17H15F2N3O3/c1-21(25)17(24)15-5-13-11(9-23)8-22(16(13)6-20-15)7-10-2-3-12(18)4-14(10)19/h2-6,8,23,25H,7,9H2,1H3. The van der Waals surface area contributed by atoms with Crippen LogP contribution in [-0.2, 0) is 13.2 Å². The number of hydroxylamine groups is 2. The Morgan fingerprint density at radius 2 is 2.04 bits per heavy atom. The number of carbonyl (C=O) groups is 1. The van der Waals surface area contributed by atoms with Gasteiger partial charge in [-0.15, -0.1) is 0 Å². The molecule has 25 heavy (non-hydrogen) atoms. The molecule has 2 heterocycles. The van der Waals surface area contributed by atoms with Gasteiger partial charge in [0.1, 0.15) is 17.3 Å². The van der Waals surface area contributed by atoms with E-state index in [9.17, 15) is 23.9 Å². The normalized spacial score (nSPS) is 11.1. The zero-order valence-corrected chi connectivity index (χ0v) is 13.3. The maximum Gasteiger partial charge on any atom is 0.295 e. The van der Waals surface area contributed by atoms with E-state index in [1.54, 1.807) is 10.8 Å². The van der Waals surface area contributed by atoms with Crippen molar-refractivity contribution in [3.8, 4) is 0 Å². The minimum absolute atomic E-state index is 0.0120. The molecule has 0 aliphatic rings. The third kappa shape index (κ3) is 3.21.